The average Bonchev–Trinajstić information content (AvgIpc) is 2.58. The molecule has 0 spiro atoms. The standard InChI is InChI=1S/C8H13N3O3/c1-14-5-4-11-6-9-10-7(11)2-3-8(12)13/h6H,2-5H2,1H3,(H,12,13). The van der Waals surface area contributed by atoms with E-state index in [0.29, 0.717) is 25.4 Å². The lowest BCUT2D eigenvalue weighted by molar-refractivity contribution is -0.137. The molecule has 0 fully saturated rings. The summed E-state index contributed by atoms with van der Waals surface area (Å²) in [5.74, 6) is -0.143. The topological polar surface area (TPSA) is 77.2 Å². The van der Waals surface area contributed by atoms with Crippen LogP contribution in [0.1, 0.15) is 12.2 Å². The van der Waals surface area contributed by atoms with E-state index >= 15 is 0 Å². The number of methoxy groups -OCH3 is 1. The van der Waals surface area contributed by atoms with Crippen LogP contribution in [0, 0.1) is 0 Å². The first-order valence-corrected chi connectivity index (χ1v) is 4.31. The lowest BCUT2D eigenvalue weighted by Gasteiger charge is -2.03. The molecule has 0 aliphatic rings. The molecule has 1 rings (SSSR count). The van der Waals surface area contributed by atoms with Crippen molar-refractivity contribution in [3.63, 3.8) is 0 Å². The minimum Gasteiger partial charge on any atom is -0.481 e. The first kappa shape index (κ1) is 10.6. The molecule has 6 nitrogen and oxygen atoms in total. The van der Waals surface area contributed by atoms with Crippen molar-refractivity contribution in [3.8, 4) is 0 Å². The summed E-state index contributed by atoms with van der Waals surface area (Å²) in [6.45, 7) is 1.22. The minimum absolute atomic E-state index is 0.0751. The third kappa shape index (κ3) is 3.14. The van der Waals surface area contributed by atoms with Crippen LogP contribution in [0.25, 0.3) is 0 Å². The molecule has 0 radical (unpaired) electrons. The first-order valence-electron chi connectivity index (χ1n) is 4.31. The van der Waals surface area contributed by atoms with Crippen LogP contribution in [0.3, 0.4) is 0 Å². The number of hydrogen-bond acceptors (Lipinski definition) is 4. The summed E-state index contributed by atoms with van der Waals surface area (Å²) in [5.41, 5.74) is 0. The van der Waals surface area contributed by atoms with Gasteiger partial charge in [-0.25, -0.2) is 0 Å². The maximum atomic E-state index is 10.3. The SMILES string of the molecule is COCCn1cnnc1CCC(=O)O. The summed E-state index contributed by atoms with van der Waals surface area (Å²) in [6, 6.07) is 0. The van der Waals surface area contributed by atoms with Gasteiger partial charge in [-0.15, -0.1) is 10.2 Å². The predicted molar refractivity (Wildman–Crippen MR) is 47.9 cm³/mol. The Hall–Kier alpha value is -1.43. The second-order valence-corrected chi connectivity index (χ2v) is 2.83. The van der Waals surface area contributed by atoms with Crippen molar-refractivity contribution < 1.29 is 14.6 Å². The molecule has 1 heterocycles. The molecule has 0 amide bonds. The van der Waals surface area contributed by atoms with Crippen LogP contribution in [0.4, 0.5) is 0 Å². The molecule has 6 heteroatoms. The van der Waals surface area contributed by atoms with E-state index in [-0.39, 0.29) is 6.42 Å². The van der Waals surface area contributed by atoms with Crippen molar-refractivity contribution in [1.82, 2.24) is 14.8 Å². The van der Waals surface area contributed by atoms with E-state index in [1.54, 1.807) is 18.0 Å². The molecule has 14 heavy (non-hydrogen) atoms. The maximum absolute atomic E-state index is 10.3. The van der Waals surface area contributed by atoms with Crippen molar-refractivity contribution >= 4 is 5.97 Å². The molecule has 0 saturated heterocycles. The third-order valence-electron chi connectivity index (χ3n) is 1.79. The molecule has 0 saturated carbocycles. The smallest absolute Gasteiger partial charge is 0.303 e. The number of aromatic nitrogens is 3. The van der Waals surface area contributed by atoms with E-state index in [1.807, 2.05) is 0 Å². The second kappa shape index (κ2) is 5.33. The summed E-state index contributed by atoms with van der Waals surface area (Å²) in [7, 11) is 1.61. The largest absolute Gasteiger partial charge is 0.481 e. The highest BCUT2D eigenvalue weighted by molar-refractivity contribution is 5.66. The number of carboxylic acids is 1. The molecule has 1 aromatic heterocycles. The van der Waals surface area contributed by atoms with Gasteiger partial charge in [0.2, 0.25) is 0 Å². The second-order valence-electron chi connectivity index (χ2n) is 2.83. The number of aryl methyl sites for hydroxylation is 1. The van der Waals surface area contributed by atoms with Crippen molar-refractivity contribution in [2.75, 3.05) is 13.7 Å². The van der Waals surface area contributed by atoms with Gasteiger partial charge in [0.05, 0.1) is 13.0 Å². The Bertz CT molecular complexity index is 298. The number of aliphatic carboxylic acids is 1. The highest BCUT2D eigenvalue weighted by atomic mass is 16.5. The Kier molecular flexibility index (Phi) is 4.06. The summed E-state index contributed by atoms with van der Waals surface area (Å²) in [6.07, 6.45) is 2.06. The van der Waals surface area contributed by atoms with Crippen molar-refractivity contribution in [2.45, 2.75) is 19.4 Å². The van der Waals surface area contributed by atoms with Gasteiger partial charge >= 0.3 is 5.97 Å². The Labute approximate surface area is 81.5 Å². The van der Waals surface area contributed by atoms with Gasteiger partial charge in [0.1, 0.15) is 12.2 Å². The monoisotopic (exact) mass is 199 g/mol. The molecule has 0 atom stereocenters. The lowest BCUT2D eigenvalue weighted by atomic mass is 10.3. The fourth-order valence-corrected chi connectivity index (χ4v) is 1.07. The molecule has 78 valence electrons. The van der Waals surface area contributed by atoms with Gasteiger partial charge in [-0.3, -0.25) is 4.79 Å². The summed E-state index contributed by atoms with van der Waals surface area (Å²) in [4.78, 5) is 10.3. The zero-order chi connectivity index (χ0) is 10.4. The van der Waals surface area contributed by atoms with E-state index in [9.17, 15) is 4.79 Å². The van der Waals surface area contributed by atoms with E-state index in [4.69, 9.17) is 9.84 Å². The number of carboxylic acid groups (broad SMARTS) is 1. The van der Waals surface area contributed by atoms with Gasteiger partial charge < -0.3 is 14.4 Å². The highest BCUT2D eigenvalue weighted by Gasteiger charge is 2.06. The predicted octanol–water partition coefficient (Wildman–Crippen LogP) is -0.0583. The summed E-state index contributed by atoms with van der Waals surface area (Å²) < 4.78 is 6.70. The van der Waals surface area contributed by atoms with Crippen LogP contribution < -0.4 is 0 Å². The van der Waals surface area contributed by atoms with Crippen LogP contribution in [0.5, 0.6) is 0 Å². The van der Waals surface area contributed by atoms with Crippen LogP contribution in [-0.4, -0.2) is 39.6 Å². The van der Waals surface area contributed by atoms with E-state index in [1.165, 1.54) is 0 Å². The lowest BCUT2D eigenvalue weighted by Crippen LogP contribution is -2.09. The minimum atomic E-state index is -0.828. The molecule has 0 aliphatic heterocycles. The van der Waals surface area contributed by atoms with E-state index < -0.39 is 5.97 Å². The number of rotatable bonds is 6. The van der Waals surface area contributed by atoms with Gasteiger partial charge in [0, 0.05) is 20.1 Å². The normalized spacial score (nSPS) is 10.4. The van der Waals surface area contributed by atoms with Crippen LogP contribution >= 0.6 is 0 Å². The summed E-state index contributed by atoms with van der Waals surface area (Å²) in [5, 5.41) is 16.0. The fraction of sp³-hybridized carbons (Fsp3) is 0.625. The molecule has 1 N–H and O–H groups in total. The van der Waals surface area contributed by atoms with Gasteiger partial charge in [0.25, 0.3) is 0 Å². The Morgan fingerprint density at radius 3 is 3.14 bits per heavy atom. The average molecular weight is 199 g/mol. The highest BCUT2D eigenvalue weighted by Crippen LogP contribution is 1.99. The molecular formula is C8H13N3O3. The van der Waals surface area contributed by atoms with Crippen LogP contribution in [0.15, 0.2) is 6.33 Å². The van der Waals surface area contributed by atoms with Gasteiger partial charge in [-0.1, -0.05) is 0 Å². The van der Waals surface area contributed by atoms with Crippen LogP contribution in [0.2, 0.25) is 0 Å². The van der Waals surface area contributed by atoms with E-state index in [0.717, 1.165) is 0 Å². The maximum Gasteiger partial charge on any atom is 0.303 e. The Balaban J connectivity index is 2.49. The third-order valence-corrected chi connectivity index (χ3v) is 1.79. The first-order chi connectivity index (χ1) is 6.74. The Morgan fingerprint density at radius 1 is 1.71 bits per heavy atom. The van der Waals surface area contributed by atoms with Gasteiger partial charge in [-0.05, 0) is 0 Å². The molecular weight excluding hydrogens is 186 g/mol. The number of ether oxygens (including phenoxy) is 1. The number of nitrogens with zero attached hydrogens (tertiary/aromatic N) is 3. The number of carbonyl (C=O) groups is 1. The molecule has 0 aromatic carbocycles. The Morgan fingerprint density at radius 2 is 2.50 bits per heavy atom. The van der Waals surface area contributed by atoms with Gasteiger partial charge in [-0.2, -0.15) is 0 Å². The molecule has 1 aromatic rings. The molecule has 0 unspecified atom stereocenters. The zero-order valence-electron chi connectivity index (χ0n) is 8.01. The zero-order valence-corrected chi connectivity index (χ0v) is 8.01. The molecule has 0 aliphatic carbocycles. The van der Waals surface area contributed by atoms with Crippen molar-refractivity contribution in [3.05, 3.63) is 12.2 Å². The van der Waals surface area contributed by atoms with Crippen LogP contribution in [-0.2, 0) is 22.5 Å². The number of hydrogen-bond donors (Lipinski definition) is 1. The molecule has 0 bridgehead atoms. The van der Waals surface area contributed by atoms with Crippen molar-refractivity contribution in [1.29, 1.82) is 0 Å². The van der Waals surface area contributed by atoms with Gasteiger partial charge in [0.15, 0.2) is 0 Å². The summed E-state index contributed by atoms with van der Waals surface area (Å²) >= 11 is 0. The quantitative estimate of drug-likeness (QED) is 0.694. The van der Waals surface area contributed by atoms with E-state index in [2.05, 4.69) is 10.2 Å². The van der Waals surface area contributed by atoms with Crippen molar-refractivity contribution in [2.24, 2.45) is 0 Å². The fourth-order valence-electron chi connectivity index (χ4n) is 1.07.